The van der Waals surface area contributed by atoms with Gasteiger partial charge in [-0.15, -0.1) is 0 Å². The lowest BCUT2D eigenvalue weighted by atomic mass is 9.79. The summed E-state index contributed by atoms with van der Waals surface area (Å²) in [6, 6.07) is 6.73. The Hall–Kier alpha value is -0.210. The third-order valence-electron chi connectivity index (χ3n) is 5.70. The van der Waals surface area contributed by atoms with Crippen LogP contribution in [0.3, 0.4) is 0 Å². The summed E-state index contributed by atoms with van der Waals surface area (Å²) in [5, 5.41) is 4.57. The Morgan fingerprint density at radius 1 is 1.11 bits per heavy atom. The molecule has 1 aromatic carbocycles. The summed E-state index contributed by atoms with van der Waals surface area (Å²) in [7, 11) is 0. The van der Waals surface area contributed by atoms with E-state index in [1.807, 2.05) is 12.1 Å². The number of halogens is 2. The van der Waals surface area contributed by atoms with E-state index in [1.165, 1.54) is 32.1 Å². The van der Waals surface area contributed by atoms with Crippen molar-refractivity contribution in [3.8, 4) is 0 Å². The molecule has 102 valence electrons. The molecule has 2 bridgehead atoms. The summed E-state index contributed by atoms with van der Waals surface area (Å²) in [5.74, 6) is 3.94. The number of hydrogen-bond acceptors (Lipinski definition) is 1. The van der Waals surface area contributed by atoms with Crippen molar-refractivity contribution in [3.05, 3.63) is 27.7 Å². The molecular weight excluding hydrogens is 322 g/mol. The molecule has 3 fully saturated rings. The number of anilines is 1. The van der Waals surface area contributed by atoms with Gasteiger partial charge in [0.1, 0.15) is 0 Å². The fraction of sp³-hybridized carbons (Fsp3) is 0.625. The van der Waals surface area contributed by atoms with Gasteiger partial charge in [-0.25, -0.2) is 0 Å². The van der Waals surface area contributed by atoms with Crippen LogP contribution in [-0.2, 0) is 0 Å². The maximum atomic E-state index is 6.30. The van der Waals surface area contributed by atoms with Crippen molar-refractivity contribution in [1.82, 2.24) is 0 Å². The molecule has 1 N–H and O–H groups in total. The molecule has 3 aliphatic carbocycles. The Bertz CT molecular complexity index is 504. The Morgan fingerprint density at radius 2 is 1.95 bits per heavy atom. The molecule has 5 atom stereocenters. The molecule has 19 heavy (non-hydrogen) atoms. The minimum absolute atomic E-state index is 0.649. The molecular formula is C16H19BrClN. The summed E-state index contributed by atoms with van der Waals surface area (Å²) in [5.41, 5.74) is 1.10. The van der Waals surface area contributed by atoms with Gasteiger partial charge in [0, 0.05) is 10.5 Å². The Morgan fingerprint density at radius 3 is 2.84 bits per heavy atom. The quantitative estimate of drug-likeness (QED) is 0.766. The lowest BCUT2D eigenvalue weighted by molar-refractivity contribution is 0.243. The van der Waals surface area contributed by atoms with Crippen LogP contribution in [0.4, 0.5) is 5.69 Å². The first kappa shape index (κ1) is 12.5. The third-order valence-corrected chi connectivity index (χ3v) is 6.52. The molecule has 0 radical (unpaired) electrons. The van der Waals surface area contributed by atoms with Crippen LogP contribution in [0.5, 0.6) is 0 Å². The van der Waals surface area contributed by atoms with Gasteiger partial charge in [-0.05, 0) is 67.6 Å². The molecule has 0 spiro atoms. The summed E-state index contributed by atoms with van der Waals surface area (Å²) in [6.07, 6.45) is 7.24. The smallest absolute Gasteiger partial charge is 0.0638 e. The van der Waals surface area contributed by atoms with Crippen LogP contribution >= 0.6 is 27.5 Å². The molecule has 3 heteroatoms. The summed E-state index contributed by atoms with van der Waals surface area (Å²) in [4.78, 5) is 0. The highest BCUT2D eigenvalue weighted by Crippen LogP contribution is 2.59. The Kier molecular flexibility index (Phi) is 3.07. The van der Waals surface area contributed by atoms with E-state index in [0.29, 0.717) is 6.04 Å². The van der Waals surface area contributed by atoms with E-state index < -0.39 is 0 Å². The van der Waals surface area contributed by atoms with Gasteiger partial charge >= 0.3 is 0 Å². The highest BCUT2D eigenvalue weighted by molar-refractivity contribution is 9.10. The predicted molar refractivity (Wildman–Crippen MR) is 83.6 cm³/mol. The number of rotatable bonds is 2. The molecule has 0 amide bonds. The zero-order valence-electron chi connectivity index (χ0n) is 10.9. The van der Waals surface area contributed by atoms with Crippen LogP contribution in [0.2, 0.25) is 5.02 Å². The van der Waals surface area contributed by atoms with Gasteiger partial charge < -0.3 is 5.32 Å². The lowest BCUT2D eigenvalue weighted by Gasteiger charge is -2.33. The molecule has 0 aromatic heterocycles. The fourth-order valence-electron chi connectivity index (χ4n) is 5.04. The SMILES string of the molecule is Clc1ccc(Br)cc1NC1CC2CC1C1CCCC21. The maximum absolute atomic E-state index is 6.30. The summed E-state index contributed by atoms with van der Waals surface area (Å²) >= 11 is 9.84. The van der Waals surface area contributed by atoms with Crippen LogP contribution in [0, 0.1) is 23.7 Å². The van der Waals surface area contributed by atoms with Crippen LogP contribution in [0.15, 0.2) is 22.7 Å². The van der Waals surface area contributed by atoms with Crippen molar-refractivity contribution in [2.24, 2.45) is 23.7 Å². The average Bonchev–Trinajstić information content (AvgIpc) is 3.05. The number of benzene rings is 1. The van der Waals surface area contributed by atoms with Crippen LogP contribution in [0.25, 0.3) is 0 Å². The molecule has 4 rings (SSSR count). The van der Waals surface area contributed by atoms with E-state index in [0.717, 1.165) is 38.9 Å². The molecule has 0 saturated heterocycles. The van der Waals surface area contributed by atoms with Gasteiger partial charge in [0.25, 0.3) is 0 Å². The van der Waals surface area contributed by atoms with Gasteiger partial charge in [-0.1, -0.05) is 34.0 Å². The molecule has 0 aliphatic heterocycles. The Labute approximate surface area is 128 Å². The standard InChI is InChI=1S/C16H19BrClN/c17-10-4-5-14(18)16(8-10)19-15-7-9-6-13(15)12-3-1-2-11(9)12/h4-5,8-9,11-13,15,19H,1-3,6-7H2. The lowest BCUT2D eigenvalue weighted by Crippen LogP contribution is -2.33. The highest BCUT2D eigenvalue weighted by atomic mass is 79.9. The molecule has 1 nitrogen and oxygen atoms in total. The first-order valence-corrected chi connectivity index (χ1v) is 8.61. The van der Waals surface area contributed by atoms with E-state index in [4.69, 9.17) is 11.6 Å². The van der Waals surface area contributed by atoms with Crippen molar-refractivity contribution in [1.29, 1.82) is 0 Å². The van der Waals surface area contributed by atoms with Crippen molar-refractivity contribution >= 4 is 33.2 Å². The van der Waals surface area contributed by atoms with E-state index in [1.54, 1.807) is 0 Å². The van der Waals surface area contributed by atoms with E-state index >= 15 is 0 Å². The molecule has 5 unspecified atom stereocenters. The minimum Gasteiger partial charge on any atom is -0.381 e. The monoisotopic (exact) mass is 339 g/mol. The minimum atomic E-state index is 0.649. The van der Waals surface area contributed by atoms with Gasteiger partial charge in [-0.2, -0.15) is 0 Å². The second kappa shape index (κ2) is 4.66. The number of hydrogen-bond donors (Lipinski definition) is 1. The second-order valence-electron chi connectivity index (χ2n) is 6.53. The number of nitrogens with one attached hydrogen (secondary N) is 1. The first-order valence-electron chi connectivity index (χ1n) is 7.44. The summed E-state index contributed by atoms with van der Waals surface area (Å²) < 4.78 is 1.10. The maximum Gasteiger partial charge on any atom is 0.0638 e. The molecule has 3 saturated carbocycles. The molecule has 3 aliphatic rings. The zero-order chi connectivity index (χ0) is 13.0. The highest BCUT2D eigenvalue weighted by Gasteiger charge is 2.53. The molecule has 0 heterocycles. The average molecular weight is 341 g/mol. The third kappa shape index (κ3) is 2.03. The van der Waals surface area contributed by atoms with Crippen LogP contribution < -0.4 is 5.32 Å². The van der Waals surface area contributed by atoms with E-state index in [2.05, 4.69) is 27.3 Å². The van der Waals surface area contributed by atoms with Crippen molar-refractivity contribution < 1.29 is 0 Å². The first-order chi connectivity index (χ1) is 9.22. The predicted octanol–water partition coefficient (Wildman–Crippen LogP) is 5.34. The van der Waals surface area contributed by atoms with Gasteiger partial charge in [0.15, 0.2) is 0 Å². The topological polar surface area (TPSA) is 12.0 Å². The Balaban J connectivity index is 1.54. The molecule has 1 aromatic rings. The fourth-order valence-corrected chi connectivity index (χ4v) is 5.58. The van der Waals surface area contributed by atoms with Crippen LogP contribution in [-0.4, -0.2) is 6.04 Å². The normalized spacial score (nSPS) is 39.6. The van der Waals surface area contributed by atoms with Gasteiger partial charge in [0.2, 0.25) is 0 Å². The number of fused-ring (bicyclic) bond motifs is 5. The van der Waals surface area contributed by atoms with E-state index in [9.17, 15) is 0 Å². The van der Waals surface area contributed by atoms with Crippen molar-refractivity contribution in [3.63, 3.8) is 0 Å². The van der Waals surface area contributed by atoms with Crippen molar-refractivity contribution in [2.75, 3.05) is 5.32 Å². The van der Waals surface area contributed by atoms with Crippen molar-refractivity contribution in [2.45, 2.75) is 38.1 Å². The second-order valence-corrected chi connectivity index (χ2v) is 7.85. The van der Waals surface area contributed by atoms with Gasteiger partial charge in [-0.3, -0.25) is 0 Å². The zero-order valence-corrected chi connectivity index (χ0v) is 13.3. The van der Waals surface area contributed by atoms with E-state index in [-0.39, 0.29) is 0 Å². The van der Waals surface area contributed by atoms with Crippen LogP contribution in [0.1, 0.15) is 32.1 Å². The van der Waals surface area contributed by atoms with Gasteiger partial charge in [0.05, 0.1) is 10.7 Å². The summed E-state index contributed by atoms with van der Waals surface area (Å²) in [6.45, 7) is 0. The largest absolute Gasteiger partial charge is 0.381 e.